The highest BCUT2D eigenvalue weighted by molar-refractivity contribution is 7.80. The first-order valence-corrected chi connectivity index (χ1v) is 18.7. The van der Waals surface area contributed by atoms with E-state index >= 15 is 0 Å². The van der Waals surface area contributed by atoms with E-state index in [9.17, 15) is 32.2 Å². The number of aromatic amines is 1. The van der Waals surface area contributed by atoms with E-state index in [-0.39, 0.29) is 38.0 Å². The van der Waals surface area contributed by atoms with Crippen molar-refractivity contribution in [3.8, 4) is 0 Å². The summed E-state index contributed by atoms with van der Waals surface area (Å²) in [7, 11) is 0. The molecule has 0 amide bonds. The number of halogens is 4. The minimum atomic E-state index is -4.63. The first-order chi connectivity index (χ1) is 23.8. The first kappa shape index (κ1) is 36.2. The Morgan fingerprint density at radius 2 is 1.48 bits per heavy atom. The van der Waals surface area contributed by atoms with E-state index < -0.39 is 60.6 Å². The highest BCUT2D eigenvalue weighted by atomic mass is 35.7. The zero-order valence-corrected chi connectivity index (χ0v) is 28.7. The van der Waals surface area contributed by atoms with Crippen LogP contribution in [0.3, 0.4) is 0 Å². The van der Waals surface area contributed by atoms with E-state index in [0.717, 1.165) is 21.8 Å². The van der Waals surface area contributed by atoms with Crippen LogP contribution in [0.1, 0.15) is 47.7 Å². The van der Waals surface area contributed by atoms with Crippen molar-refractivity contribution in [2.75, 3.05) is 19.6 Å². The van der Waals surface area contributed by atoms with Crippen LogP contribution in [0, 0.1) is 12.8 Å². The lowest BCUT2D eigenvalue weighted by molar-refractivity contribution is -0.220. The first-order valence-electron chi connectivity index (χ1n) is 16.2. The monoisotopic (exact) mass is 732 g/mol. The molecule has 2 N–H and O–H groups in total. The maximum atomic E-state index is 14.0. The van der Waals surface area contributed by atoms with Gasteiger partial charge in [0.15, 0.2) is 6.23 Å². The summed E-state index contributed by atoms with van der Waals surface area (Å²) in [5, 5.41) is 1.06. The predicted octanol–water partition coefficient (Wildman–Crippen LogP) is 6.34. The lowest BCUT2D eigenvalue weighted by Gasteiger charge is -2.51. The summed E-state index contributed by atoms with van der Waals surface area (Å²) in [6.45, 7) is -3.06. The molecule has 2 aliphatic heterocycles. The van der Waals surface area contributed by atoms with Crippen molar-refractivity contribution in [2.45, 2.75) is 56.3 Å². The second kappa shape index (κ2) is 14.6. The van der Waals surface area contributed by atoms with Gasteiger partial charge in [0, 0.05) is 48.7 Å². The van der Waals surface area contributed by atoms with E-state index in [1.807, 2.05) is 91.0 Å². The molecule has 2 aliphatic rings. The Labute approximate surface area is 291 Å². The van der Waals surface area contributed by atoms with Crippen LogP contribution < -0.4 is 11.2 Å². The number of morpholine rings is 1. The minimum Gasteiger partial charge on any atom is -0.352 e. The van der Waals surface area contributed by atoms with Gasteiger partial charge in [-0.15, -0.1) is 0 Å². The molecule has 15 heteroatoms. The number of H-pyrrole nitrogens is 1. The van der Waals surface area contributed by atoms with Gasteiger partial charge < -0.3 is 9.63 Å². The number of piperidine rings is 1. The Bertz CT molecular complexity index is 1830. The van der Waals surface area contributed by atoms with Crippen LogP contribution in [0.25, 0.3) is 0 Å². The van der Waals surface area contributed by atoms with Gasteiger partial charge in [0.05, 0.1) is 17.6 Å². The number of ether oxygens (including phenoxy) is 1. The van der Waals surface area contributed by atoms with Gasteiger partial charge in [-0.3, -0.25) is 19.2 Å². The van der Waals surface area contributed by atoms with Crippen molar-refractivity contribution in [2.24, 2.45) is 5.92 Å². The molecule has 0 spiro atoms. The van der Waals surface area contributed by atoms with Gasteiger partial charge in [0.2, 0.25) is 0 Å². The quantitative estimate of drug-likeness (QED) is 0.151. The van der Waals surface area contributed by atoms with Crippen molar-refractivity contribution >= 4 is 18.2 Å². The number of hydrogen-bond acceptors (Lipinski definition) is 7. The van der Waals surface area contributed by atoms with Crippen LogP contribution >= 0.6 is 18.2 Å². The Kier molecular flexibility index (Phi) is 10.6. The topological polar surface area (TPSA) is 117 Å². The van der Waals surface area contributed by atoms with Gasteiger partial charge in [-0.2, -0.15) is 18.2 Å². The van der Waals surface area contributed by atoms with Crippen molar-refractivity contribution in [1.29, 1.82) is 0 Å². The second-order valence-corrected chi connectivity index (χ2v) is 15.1. The summed E-state index contributed by atoms with van der Waals surface area (Å²) in [6, 6.07) is 28.3. The summed E-state index contributed by atoms with van der Waals surface area (Å²) < 4.78 is 67.2. The molecule has 5 unspecified atom stereocenters. The average Bonchev–Trinajstić information content (AvgIpc) is 3.08. The zero-order valence-electron chi connectivity index (χ0n) is 27.1. The number of hydrogen-bond donors (Lipinski definition) is 2. The van der Waals surface area contributed by atoms with Crippen LogP contribution in [-0.4, -0.2) is 62.4 Å². The second-order valence-electron chi connectivity index (χ2n) is 12.7. The predicted molar refractivity (Wildman–Crippen MR) is 181 cm³/mol. The standard InChI is InChI=1S/C35H37ClF3N4O6P/c1-24-21-42(33(45)40-32(24)44)31-23-41(22-30(48-31)20-29-19-28(35(37,38)39)17-18-43(29)49-50(36,46)47)34(25-11-5-2-6-12-25,26-13-7-3-8-14-26)27-15-9-4-10-16-27/h2-16,21,28-31H,17-20,22-23H2,1H3,(H,46,47)(H,40,44,45). The number of nitrogens with zero attached hydrogens (tertiary/aromatic N) is 3. The summed E-state index contributed by atoms with van der Waals surface area (Å²) in [4.78, 5) is 40.0. The molecule has 10 nitrogen and oxygen atoms in total. The zero-order chi connectivity index (χ0) is 35.7. The van der Waals surface area contributed by atoms with Gasteiger partial charge in [0.25, 0.3) is 5.56 Å². The van der Waals surface area contributed by atoms with E-state index in [1.54, 1.807) is 6.92 Å². The molecule has 3 heterocycles. The maximum Gasteiger partial charge on any atom is 0.438 e. The van der Waals surface area contributed by atoms with Crippen LogP contribution in [0.5, 0.6) is 0 Å². The van der Waals surface area contributed by atoms with Crippen LogP contribution in [0.15, 0.2) is 107 Å². The van der Waals surface area contributed by atoms with E-state index in [4.69, 9.17) is 20.6 Å². The molecule has 2 saturated heterocycles. The maximum absolute atomic E-state index is 14.0. The molecule has 50 heavy (non-hydrogen) atoms. The van der Waals surface area contributed by atoms with Gasteiger partial charge in [0.1, 0.15) is 0 Å². The fraction of sp³-hybridized carbons (Fsp3) is 0.371. The molecule has 4 aromatic rings. The summed E-state index contributed by atoms with van der Waals surface area (Å²) in [5.41, 5.74) is 0.700. The summed E-state index contributed by atoms with van der Waals surface area (Å²) >= 11 is 5.55. The van der Waals surface area contributed by atoms with Crippen LogP contribution in [-0.2, 0) is 19.5 Å². The van der Waals surface area contributed by atoms with Gasteiger partial charge in [-0.1, -0.05) is 91.0 Å². The molecular formula is C35H37ClF3N4O6P. The normalized spacial score (nSPS) is 23.7. The number of aryl methyl sites for hydroxylation is 1. The van der Waals surface area contributed by atoms with Crippen molar-refractivity contribution in [1.82, 2.24) is 19.5 Å². The minimum absolute atomic E-state index is 0.0675. The van der Waals surface area contributed by atoms with Crippen molar-refractivity contribution in [3.05, 3.63) is 140 Å². The third kappa shape index (κ3) is 7.69. The molecule has 0 aliphatic carbocycles. The SMILES string of the molecule is Cc1cn(C2CN(C(c3ccccc3)(c3ccccc3)c3ccccc3)CC(CC3CC(C(F)(F)F)CCN3OP(=O)(O)Cl)O2)c(=O)[nH]c1=O. The van der Waals surface area contributed by atoms with Gasteiger partial charge >= 0.3 is 18.8 Å². The molecule has 3 aromatic carbocycles. The fourth-order valence-electron chi connectivity index (χ4n) is 7.34. The molecule has 0 radical (unpaired) electrons. The van der Waals surface area contributed by atoms with Crippen LogP contribution in [0.4, 0.5) is 13.2 Å². The van der Waals surface area contributed by atoms with Crippen molar-refractivity contribution < 1.29 is 32.0 Å². The molecule has 6 rings (SSSR count). The number of rotatable bonds is 9. The van der Waals surface area contributed by atoms with E-state index in [0.29, 0.717) is 0 Å². The number of nitrogens with one attached hydrogen (secondary N) is 1. The fourth-order valence-corrected chi connectivity index (χ4v) is 8.05. The molecule has 0 bridgehead atoms. The Morgan fingerprint density at radius 1 is 0.940 bits per heavy atom. The molecular weight excluding hydrogens is 696 g/mol. The third-order valence-corrected chi connectivity index (χ3v) is 10.1. The summed E-state index contributed by atoms with van der Waals surface area (Å²) in [5.74, 6) is -1.68. The molecule has 1 aromatic heterocycles. The lowest BCUT2D eigenvalue weighted by atomic mass is 9.75. The van der Waals surface area contributed by atoms with E-state index in [1.165, 1.54) is 10.8 Å². The Hall–Kier alpha value is -3.55. The number of benzene rings is 3. The highest BCUT2D eigenvalue weighted by Crippen LogP contribution is 2.51. The van der Waals surface area contributed by atoms with Crippen molar-refractivity contribution in [3.63, 3.8) is 0 Å². The Balaban J connectivity index is 1.51. The number of aromatic nitrogens is 2. The third-order valence-electron chi connectivity index (χ3n) is 9.52. The highest BCUT2D eigenvalue weighted by Gasteiger charge is 2.49. The van der Waals surface area contributed by atoms with Crippen LogP contribution in [0.2, 0.25) is 0 Å². The molecule has 2 fully saturated rings. The molecule has 266 valence electrons. The summed E-state index contributed by atoms with van der Waals surface area (Å²) in [6.07, 6.45) is -5.76. The molecule has 5 atom stereocenters. The molecule has 0 saturated carbocycles. The lowest BCUT2D eigenvalue weighted by Crippen LogP contribution is -2.58. The Morgan fingerprint density at radius 3 is 1.98 bits per heavy atom. The number of alkyl halides is 3. The van der Waals surface area contributed by atoms with Gasteiger partial charge in [-0.05, 0) is 42.9 Å². The average molecular weight is 733 g/mol. The van der Waals surface area contributed by atoms with Gasteiger partial charge in [-0.25, -0.2) is 14.0 Å². The van der Waals surface area contributed by atoms with E-state index in [2.05, 4.69) is 9.88 Å². The largest absolute Gasteiger partial charge is 0.438 e. The smallest absolute Gasteiger partial charge is 0.352 e. The number of hydroxylamine groups is 2.